The Morgan fingerprint density at radius 1 is 1.27 bits per heavy atom. The Labute approximate surface area is 158 Å². The van der Waals surface area contributed by atoms with Gasteiger partial charge < -0.3 is 24.7 Å². The van der Waals surface area contributed by atoms with E-state index in [0.29, 0.717) is 28.5 Å². The van der Waals surface area contributed by atoms with Gasteiger partial charge in [0, 0.05) is 16.5 Å². The minimum absolute atomic E-state index is 0.0323. The molecule has 1 aliphatic rings. The van der Waals surface area contributed by atoms with Crippen LogP contribution in [0.2, 0.25) is 0 Å². The highest BCUT2D eigenvalue weighted by Crippen LogP contribution is 2.30. The van der Waals surface area contributed by atoms with E-state index in [9.17, 15) is 9.90 Å². The van der Waals surface area contributed by atoms with Crippen molar-refractivity contribution in [1.29, 1.82) is 0 Å². The first-order valence-electron chi connectivity index (χ1n) is 7.76. The fourth-order valence-corrected chi connectivity index (χ4v) is 2.90. The first kappa shape index (κ1) is 18.1. The minimum Gasteiger partial charge on any atom is -0.506 e. The highest BCUT2D eigenvalue weighted by Gasteiger charge is 2.31. The molecule has 0 aromatic heterocycles. The number of anilines is 1. The number of carbonyl (C=O) groups is 1. The third kappa shape index (κ3) is 3.75. The monoisotopic (exact) mass is 420 g/mol. The fourth-order valence-electron chi connectivity index (χ4n) is 2.54. The predicted molar refractivity (Wildman–Crippen MR) is 100 cm³/mol. The van der Waals surface area contributed by atoms with Gasteiger partial charge in [0.25, 0.3) is 5.91 Å². The molecule has 1 amide bonds. The molecule has 2 aromatic rings. The predicted octanol–water partition coefficient (Wildman–Crippen LogP) is 3.30. The van der Waals surface area contributed by atoms with Crippen LogP contribution in [-0.2, 0) is 9.63 Å². The van der Waals surface area contributed by atoms with Gasteiger partial charge in [-0.05, 0) is 36.4 Å². The lowest BCUT2D eigenvalue weighted by atomic mass is 10.0. The first-order valence-corrected chi connectivity index (χ1v) is 8.55. The van der Waals surface area contributed by atoms with Crippen molar-refractivity contribution >= 4 is 33.2 Å². The molecule has 1 aliphatic heterocycles. The van der Waals surface area contributed by atoms with Crippen molar-refractivity contribution < 1.29 is 24.2 Å². The molecule has 0 aliphatic carbocycles. The lowest BCUT2D eigenvalue weighted by Gasteiger charge is -2.12. The molecule has 1 atom stereocenters. The van der Waals surface area contributed by atoms with E-state index >= 15 is 0 Å². The maximum absolute atomic E-state index is 12.4. The number of nitrogens with one attached hydrogen (secondary N) is 1. The van der Waals surface area contributed by atoms with Gasteiger partial charge in [-0.1, -0.05) is 21.1 Å². The van der Waals surface area contributed by atoms with Gasteiger partial charge in [0.15, 0.2) is 0 Å². The normalized spacial score (nSPS) is 15.8. The molecule has 0 radical (unpaired) electrons. The van der Waals surface area contributed by atoms with Crippen LogP contribution in [0.4, 0.5) is 5.69 Å². The van der Waals surface area contributed by atoms with Crippen molar-refractivity contribution in [2.75, 3.05) is 19.5 Å². The molecule has 26 heavy (non-hydrogen) atoms. The van der Waals surface area contributed by atoms with Gasteiger partial charge >= 0.3 is 0 Å². The number of methoxy groups -OCH3 is 2. The van der Waals surface area contributed by atoms with Crippen molar-refractivity contribution in [3.05, 3.63) is 46.4 Å². The van der Waals surface area contributed by atoms with Crippen LogP contribution in [0.3, 0.4) is 0 Å². The Kier molecular flexibility index (Phi) is 5.32. The molecule has 1 heterocycles. The maximum atomic E-state index is 12.4. The summed E-state index contributed by atoms with van der Waals surface area (Å²) in [6, 6.07) is 10.1. The molecule has 0 fully saturated rings. The Morgan fingerprint density at radius 2 is 2.08 bits per heavy atom. The fraction of sp³-hybridized carbons (Fsp3) is 0.222. The number of oxime groups is 1. The van der Waals surface area contributed by atoms with Crippen LogP contribution >= 0.6 is 15.9 Å². The van der Waals surface area contributed by atoms with Crippen LogP contribution in [0.25, 0.3) is 0 Å². The van der Waals surface area contributed by atoms with E-state index in [-0.39, 0.29) is 12.2 Å². The third-order valence-electron chi connectivity index (χ3n) is 3.90. The highest BCUT2D eigenvalue weighted by molar-refractivity contribution is 9.10. The van der Waals surface area contributed by atoms with Crippen LogP contribution in [0, 0.1) is 0 Å². The Hall–Kier alpha value is -2.74. The molecule has 0 saturated carbocycles. The van der Waals surface area contributed by atoms with E-state index in [0.717, 1.165) is 4.47 Å². The number of aromatic hydroxyl groups is 1. The number of benzene rings is 2. The highest BCUT2D eigenvalue weighted by atomic mass is 79.9. The van der Waals surface area contributed by atoms with Crippen molar-refractivity contribution in [2.24, 2.45) is 5.16 Å². The Morgan fingerprint density at radius 3 is 2.81 bits per heavy atom. The lowest BCUT2D eigenvalue weighted by Crippen LogP contribution is -2.28. The molecule has 0 spiro atoms. The second kappa shape index (κ2) is 7.65. The average Bonchev–Trinajstić information content (AvgIpc) is 3.14. The zero-order valence-corrected chi connectivity index (χ0v) is 15.7. The molecular formula is C18H17BrN2O5. The number of nitrogens with zero attached hydrogens (tertiary/aromatic N) is 1. The lowest BCUT2D eigenvalue weighted by molar-refractivity contribution is -0.125. The minimum atomic E-state index is -0.806. The van der Waals surface area contributed by atoms with E-state index in [1.807, 2.05) is 0 Å². The van der Waals surface area contributed by atoms with Gasteiger partial charge in [-0.15, -0.1) is 0 Å². The molecule has 2 N–H and O–H groups in total. The maximum Gasteiger partial charge on any atom is 0.268 e. The smallest absolute Gasteiger partial charge is 0.268 e. The number of phenols is 1. The summed E-state index contributed by atoms with van der Waals surface area (Å²) in [4.78, 5) is 17.7. The molecule has 0 unspecified atom stereocenters. The molecule has 3 rings (SSSR count). The number of hydrogen-bond acceptors (Lipinski definition) is 6. The summed E-state index contributed by atoms with van der Waals surface area (Å²) < 4.78 is 11.3. The second-order valence-corrected chi connectivity index (χ2v) is 6.47. The van der Waals surface area contributed by atoms with Gasteiger partial charge in [-0.3, -0.25) is 4.79 Å². The summed E-state index contributed by atoms with van der Waals surface area (Å²) in [6.45, 7) is 0. The number of carbonyl (C=O) groups excluding carboxylic acids is 1. The van der Waals surface area contributed by atoms with Crippen LogP contribution in [0.1, 0.15) is 12.0 Å². The first-order chi connectivity index (χ1) is 12.5. The van der Waals surface area contributed by atoms with Gasteiger partial charge in [-0.25, -0.2) is 0 Å². The number of phenolic OH excluding ortho intramolecular Hbond substituents is 1. The number of hydrogen-bond donors (Lipinski definition) is 2. The van der Waals surface area contributed by atoms with Crippen LogP contribution in [0.5, 0.6) is 17.2 Å². The van der Waals surface area contributed by atoms with Crippen LogP contribution in [0.15, 0.2) is 46.0 Å². The van der Waals surface area contributed by atoms with Gasteiger partial charge in [0.2, 0.25) is 6.10 Å². The standard InChI is InChI=1S/C18H17BrN2O5/c1-24-11-4-6-16(25-2)12(8-11)13-9-17(26-21-13)18(23)20-14-7-10(19)3-5-15(14)22/h3-8,17,22H,9H2,1-2H3,(H,20,23)/t17-/m1/s1. The number of ether oxygens (including phenoxy) is 2. The van der Waals surface area contributed by atoms with Crippen molar-refractivity contribution in [3.63, 3.8) is 0 Å². The zero-order chi connectivity index (χ0) is 18.7. The molecule has 0 saturated heterocycles. The third-order valence-corrected chi connectivity index (χ3v) is 4.39. The molecule has 7 nitrogen and oxygen atoms in total. The van der Waals surface area contributed by atoms with E-state index in [1.54, 1.807) is 44.6 Å². The van der Waals surface area contributed by atoms with Crippen molar-refractivity contribution in [2.45, 2.75) is 12.5 Å². The van der Waals surface area contributed by atoms with E-state index < -0.39 is 12.0 Å². The summed E-state index contributed by atoms with van der Waals surface area (Å²) in [6.07, 6.45) is -0.538. The topological polar surface area (TPSA) is 89.4 Å². The number of rotatable bonds is 5. The summed E-state index contributed by atoms with van der Waals surface area (Å²) >= 11 is 3.30. The van der Waals surface area contributed by atoms with Crippen molar-refractivity contribution in [1.82, 2.24) is 0 Å². The zero-order valence-electron chi connectivity index (χ0n) is 14.2. The molecular weight excluding hydrogens is 404 g/mol. The van der Waals surface area contributed by atoms with Gasteiger partial charge in [0.1, 0.15) is 17.2 Å². The largest absolute Gasteiger partial charge is 0.506 e. The Bertz CT molecular complexity index is 869. The summed E-state index contributed by atoms with van der Waals surface area (Å²) in [5, 5.41) is 16.5. The summed E-state index contributed by atoms with van der Waals surface area (Å²) in [5.41, 5.74) is 1.58. The van der Waals surface area contributed by atoms with Crippen LogP contribution < -0.4 is 14.8 Å². The summed E-state index contributed by atoms with van der Waals surface area (Å²) in [5.74, 6) is 0.823. The van der Waals surface area contributed by atoms with E-state index in [2.05, 4.69) is 26.4 Å². The molecule has 2 aromatic carbocycles. The van der Waals surface area contributed by atoms with Crippen LogP contribution in [-0.4, -0.2) is 37.0 Å². The van der Waals surface area contributed by atoms with E-state index in [4.69, 9.17) is 14.3 Å². The SMILES string of the molecule is COc1ccc(OC)c(C2=NO[C@@H](C(=O)Nc3cc(Br)ccc3O)C2)c1. The number of amides is 1. The molecule has 136 valence electrons. The summed E-state index contributed by atoms with van der Waals surface area (Å²) in [7, 11) is 3.13. The van der Waals surface area contributed by atoms with Crippen molar-refractivity contribution in [3.8, 4) is 17.2 Å². The molecule has 0 bridgehead atoms. The average molecular weight is 421 g/mol. The number of halogens is 1. The van der Waals surface area contributed by atoms with E-state index in [1.165, 1.54) is 6.07 Å². The van der Waals surface area contributed by atoms with Gasteiger partial charge in [0.05, 0.1) is 25.6 Å². The molecule has 8 heteroatoms. The Balaban J connectivity index is 1.74. The quantitative estimate of drug-likeness (QED) is 0.724. The van der Waals surface area contributed by atoms with Gasteiger partial charge in [-0.2, -0.15) is 0 Å². The second-order valence-electron chi connectivity index (χ2n) is 5.55.